The first kappa shape index (κ1) is 18.8. The summed E-state index contributed by atoms with van der Waals surface area (Å²) < 4.78 is 5.78. The van der Waals surface area contributed by atoms with Gasteiger partial charge in [-0.15, -0.1) is 0 Å². The Hall–Kier alpha value is -2.53. The molecule has 0 saturated carbocycles. The van der Waals surface area contributed by atoms with Gasteiger partial charge in [-0.05, 0) is 44.0 Å². The van der Waals surface area contributed by atoms with Crippen molar-refractivity contribution in [1.82, 2.24) is 0 Å². The zero-order chi connectivity index (χ0) is 19.5. The monoisotopic (exact) mass is 380 g/mol. The maximum absolute atomic E-state index is 13.0. The first-order valence-corrected chi connectivity index (χ1v) is 10.4. The van der Waals surface area contributed by atoms with E-state index in [1.807, 2.05) is 30.0 Å². The second-order valence-electron chi connectivity index (χ2n) is 7.76. The molecule has 1 N–H and O–H groups in total. The van der Waals surface area contributed by atoms with Gasteiger partial charge in [0, 0.05) is 11.7 Å². The number of carbonyl (C=O) groups excluding carboxylic acids is 1. The van der Waals surface area contributed by atoms with E-state index < -0.39 is 0 Å². The number of quaternary nitrogens is 1. The van der Waals surface area contributed by atoms with Gasteiger partial charge in [0.15, 0.2) is 6.54 Å². The van der Waals surface area contributed by atoms with Crippen LogP contribution in [0.15, 0.2) is 48.5 Å². The molecule has 4 rings (SSSR count). The quantitative estimate of drug-likeness (QED) is 0.859. The van der Waals surface area contributed by atoms with Crippen LogP contribution < -0.4 is 19.4 Å². The van der Waals surface area contributed by atoms with Crippen LogP contribution >= 0.6 is 0 Å². The third-order valence-corrected chi connectivity index (χ3v) is 5.85. The van der Waals surface area contributed by atoms with Crippen LogP contribution in [0.5, 0.6) is 5.75 Å². The molecule has 0 radical (unpaired) electrons. The van der Waals surface area contributed by atoms with Crippen LogP contribution in [0.1, 0.15) is 19.4 Å². The number of anilines is 2. The van der Waals surface area contributed by atoms with E-state index in [-0.39, 0.29) is 11.9 Å². The number of fused-ring (bicyclic) bond motifs is 1. The first-order valence-electron chi connectivity index (χ1n) is 10.4. The molecule has 148 valence electrons. The third-order valence-electron chi connectivity index (χ3n) is 5.85. The Bertz CT molecular complexity index is 830. The van der Waals surface area contributed by atoms with Gasteiger partial charge in [-0.2, -0.15) is 0 Å². The van der Waals surface area contributed by atoms with Gasteiger partial charge in [-0.25, -0.2) is 0 Å². The van der Waals surface area contributed by atoms with Crippen LogP contribution in [0.3, 0.4) is 0 Å². The number of nitrogens with zero attached hydrogens (tertiary/aromatic N) is 2. The van der Waals surface area contributed by atoms with Crippen molar-refractivity contribution in [2.24, 2.45) is 0 Å². The summed E-state index contributed by atoms with van der Waals surface area (Å²) in [6.07, 6.45) is 0.958. The smallest absolute Gasteiger partial charge is 0.282 e. The Labute approximate surface area is 167 Å². The standard InChI is InChI=1S/C23H29N3O2/c1-3-28-22-11-7-6-10-21(22)25-14-12-24(13-15-25)17-23(27)26-18(2)16-19-8-4-5-9-20(19)26/h4-11,18H,3,12-17H2,1-2H3/p+1/t18-/m1/s1. The van der Waals surface area contributed by atoms with E-state index in [1.165, 1.54) is 10.5 Å². The van der Waals surface area contributed by atoms with E-state index in [0.717, 1.165) is 49.7 Å². The van der Waals surface area contributed by atoms with Crippen molar-refractivity contribution < 1.29 is 14.4 Å². The maximum Gasteiger partial charge on any atom is 0.282 e. The number of carbonyl (C=O) groups is 1. The SMILES string of the molecule is CCOc1ccccc1N1CC[NH+](CC(=O)N2c3ccccc3C[C@H]2C)CC1. The van der Waals surface area contributed by atoms with Crippen molar-refractivity contribution in [1.29, 1.82) is 0 Å². The summed E-state index contributed by atoms with van der Waals surface area (Å²) in [5, 5.41) is 0. The fraction of sp³-hybridized carbons (Fsp3) is 0.435. The fourth-order valence-corrected chi connectivity index (χ4v) is 4.48. The van der Waals surface area contributed by atoms with Crippen LogP contribution in [0, 0.1) is 0 Å². The summed E-state index contributed by atoms with van der Waals surface area (Å²) in [7, 11) is 0. The molecule has 1 atom stereocenters. The number of amides is 1. The van der Waals surface area contributed by atoms with Crippen molar-refractivity contribution in [3.05, 3.63) is 54.1 Å². The van der Waals surface area contributed by atoms with Crippen molar-refractivity contribution in [2.45, 2.75) is 26.3 Å². The second kappa shape index (κ2) is 8.23. The van der Waals surface area contributed by atoms with Crippen LogP contribution in [0.25, 0.3) is 0 Å². The van der Waals surface area contributed by atoms with Gasteiger partial charge in [0.2, 0.25) is 0 Å². The number of hydrogen-bond acceptors (Lipinski definition) is 3. The normalized spacial score (nSPS) is 19.6. The van der Waals surface area contributed by atoms with Crippen molar-refractivity contribution >= 4 is 17.3 Å². The van der Waals surface area contributed by atoms with Gasteiger partial charge < -0.3 is 19.4 Å². The average Bonchev–Trinajstić information content (AvgIpc) is 3.05. The van der Waals surface area contributed by atoms with Gasteiger partial charge in [0.1, 0.15) is 5.75 Å². The minimum absolute atomic E-state index is 0.246. The Morgan fingerprint density at radius 3 is 2.50 bits per heavy atom. The number of piperazine rings is 1. The topological polar surface area (TPSA) is 37.2 Å². The number of nitrogens with one attached hydrogen (secondary N) is 1. The van der Waals surface area contributed by atoms with E-state index >= 15 is 0 Å². The molecule has 0 aromatic heterocycles. The summed E-state index contributed by atoms with van der Waals surface area (Å²) in [6.45, 7) is 9.23. The maximum atomic E-state index is 13.0. The summed E-state index contributed by atoms with van der Waals surface area (Å²) in [4.78, 5) is 18.8. The van der Waals surface area contributed by atoms with Crippen molar-refractivity contribution in [3.63, 3.8) is 0 Å². The molecule has 2 aliphatic heterocycles. The highest BCUT2D eigenvalue weighted by Gasteiger charge is 2.33. The Morgan fingerprint density at radius 2 is 1.75 bits per heavy atom. The lowest BCUT2D eigenvalue weighted by atomic mass is 10.1. The van der Waals surface area contributed by atoms with Crippen molar-refractivity contribution in [3.8, 4) is 5.75 Å². The van der Waals surface area contributed by atoms with Crippen LogP contribution in [0.2, 0.25) is 0 Å². The molecule has 2 heterocycles. The van der Waals surface area contributed by atoms with E-state index in [2.05, 4.69) is 42.2 Å². The van der Waals surface area contributed by atoms with E-state index in [1.54, 1.807) is 0 Å². The highest BCUT2D eigenvalue weighted by atomic mass is 16.5. The molecule has 0 bridgehead atoms. The van der Waals surface area contributed by atoms with Gasteiger partial charge in [0.25, 0.3) is 5.91 Å². The second-order valence-corrected chi connectivity index (χ2v) is 7.76. The lowest BCUT2D eigenvalue weighted by Gasteiger charge is -2.35. The molecule has 5 nitrogen and oxygen atoms in total. The molecule has 2 aromatic carbocycles. The first-order chi connectivity index (χ1) is 13.7. The largest absolute Gasteiger partial charge is 0.492 e. The predicted molar refractivity (Wildman–Crippen MR) is 112 cm³/mol. The molecule has 1 fully saturated rings. The lowest BCUT2D eigenvalue weighted by molar-refractivity contribution is -0.892. The molecular weight excluding hydrogens is 350 g/mol. The molecule has 0 aliphatic carbocycles. The zero-order valence-electron chi connectivity index (χ0n) is 16.9. The van der Waals surface area contributed by atoms with Crippen LogP contribution in [0.4, 0.5) is 11.4 Å². The molecule has 2 aromatic rings. The molecule has 0 unspecified atom stereocenters. The van der Waals surface area contributed by atoms with Crippen LogP contribution in [-0.2, 0) is 11.2 Å². The van der Waals surface area contributed by atoms with Gasteiger partial charge >= 0.3 is 0 Å². The number of hydrogen-bond donors (Lipinski definition) is 1. The number of para-hydroxylation sites is 3. The third kappa shape index (κ3) is 3.72. The van der Waals surface area contributed by atoms with Crippen LogP contribution in [-0.4, -0.2) is 51.3 Å². The molecular formula is C23H30N3O2+. The number of rotatable bonds is 5. The summed E-state index contributed by atoms with van der Waals surface area (Å²) in [6, 6.07) is 16.8. The zero-order valence-corrected chi connectivity index (χ0v) is 16.9. The van der Waals surface area contributed by atoms with Crippen molar-refractivity contribution in [2.75, 3.05) is 49.1 Å². The van der Waals surface area contributed by atoms with Gasteiger partial charge in [0.05, 0.1) is 38.5 Å². The number of ether oxygens (including phenoxy) is 1. The predicted octanol–water partition coefficient (Wildman–Crippen LogP) is 1.77. The molecule has 1 amide bonds. The Kier molecular flexibility index (Phi) is 5.53. The highest BCUT2D eigenvalue weighted by Crippen LogP contribution is 2.31. The molecule has 28 heavy (non-hydrogen) atoms. The van der Waals surface area contributed by atoms with Gasteiger partial charge in [-0.1, -0.05) is 30.3 Å². The van der Waals surface area contributed by atoms with Gasteiger partial charge in [-0.3, -0.25) is 4.79 Å². The average molecular weight is 381 g/mol. The Balaban J connectivity index is 1.37. The summed E-state index contributed by atoms with van der Waals surface area (Å²) >= 11 is 0. The van der Waals surface area contributed by atoms with E-state index in [9.17, 15) is 4.79 Å². The number of benzene rings is 2. The minimum atomic E-state index is 0.246. The highest BCUT2D eigenvalue weighted by molar-refractivity contribution is 5.96. The lowest BCUT2D eigenvalue weighted by Crippen LogP contribution is -3.16. The van der Waals surface area contributed by atoms with E-state index in [4.69, 9.17) is 4.74 Å². The molecule has 0 spiro atoms. The minimum Gasteiger partial charge on any atom is -0.492 e. The summed E-state index contributed by atoms with van der Waals surface area (Å²) in [5.41, 5.74) is 3.55. The van der Waals surface area contributed by atoms with E-state index in [0.29, 0.717) is 13.2 Å². The Morgan fingerprint density at radius 1 is 1.07 bits per heavy atom. The molecule has 5 heteroatoms. The summed E-state index contributed by atoms with van der Waals surface area (Å²) in [5.74, 6) is 1.20. The fourth-order valence-electron chi connectivity index (χ4n) is 4.48. The molecule has 1 saturated heterocycles. The molecule has 2 aliphatic rings.